The molecule has 1 fully saturated rings. The average Bonchev–Trinajstić information content (AvgIpc) is 2.47. The van der Waals surface area contributed by atoms with Crippen LogP contribution in [0.1, 0.15) is 38.7 Å². The number of ether oxygens (including phenoxy) is 1. The summed E-state index contributed by atoms with van der Waals surface area (Å²) in [4.78, 5) is 11.2. The molecule has 3 nitrogen and oxygen atoms in total. The number of rotatable bonds is 5. The van der Waals surface area contributed by atoms with Gasteiger partial charge in [0.1, 0.15) is 17.2 Å². The molecule has 0 bridgehead atoms. The van der Waals surface area contributed by atoms with E-state index in [-0.39, 0.29) is 11.7 Å². The van der Waals surface area contributed by atoms with E-state index >= 15 is 0 Å². The summed E-state index contributed by atoms with van der Waals surface area (Å²) in [6.45, 7) is 9.72. The van der Waals surface area contributed by atoms with Crippen LogP contribution >= 0.6 is 0 Å². The molecule has 116 valence electrons. The molecule has 2 rings (SSSR count). The van der Waals surface area contributed by atoms with Crippen LogP contribution in [0, 0.1) is 12.7 Å². The fourth-order valence-corrected chi connectivity index (χ4v) is 2.12. The van der Waals surface area contributed by atoms with E-state index in [0.717, 1.165) is 24.8 Å². The first kappa shape index (κ1) is 17.2. The molecule has 1 aromatic rings. The zero-order valence-corrected chi connectivity index (χ0v) is 13.0. The van der Waals surface area contributed by atoms with Gasteiger partial charge in [-0.15, -0.1) is 0 Å². The van der Waals surface area contributed by atoms with E-state index in [2.05, 4.69) is 11.9 Å². The summed E-state index contributed by atoms with van der Waals surface area (Å²) in [5.41, 5.74) is 0.486. The highest BCUT2D eigenvalue weighted by atomic mass is 19.1. The van der Waals surface area contributed by atoms with E-state index < -0.39 is 5.60 Å². The Morgan fingerprint density at radius 3 is 2.67 bits per heavy atom. The number of aryl methyl sites for hydroxylation is 1. The van der Waals surface area contributed by atoms with Gasteiger partial charge in [-0.2, -0.15) is 0 Å². The molecule has 1 aromatic carbocycles. The molecule has 1 aliphatic rings. The Morgan fingerprint density at radius 1 is 1.48 bits per heavy atom. The first-order valence-corrected chi connectivity index (χ1v) is 7.40. The van der Waals surface area contributed by atoms with Gasteiger partial charge < -0.3 is 10.1 Å². The Balaban J connectivity index is 0.00000106. The molecular formula is C17H24FNO2. The van der Waals surface area contributed by atoms with Crippen molar-refractivity contribution in [2.75, 3.05) is 6.54 Å². The van der Waals surface area contributed by atoms with Crippen LogP contribution in [0.4, 0.5) is 4.39 Å². The molecule has 1 amide bonds. The van der Waals surface area contributed by atoms with Crippen molar-refractivity contribution in [3.63, 3.8) is 0 Å². The number of benzene rings is 1. The quantitative estimate of drug-likeness (QED) is 0.839. The number of nitrogens with one attached hydrogen (secondary N) is 1. The van der Waals surface area contributed by atoms with Crippen LogP contribution in [-0.4, -0.2) is 18.1 Å². The number of hydrogen-bond acceptors (Lipinski definition) is 2. The summed E-state index contributed by atoms with van der Waals surface area (Å²) in [5.74, 6) is 0.0172. The number of carbonyl (C=O) groups excluding carboxylic acids is 1. The van der Waals surface area contributed by atoms with Crippen LogP contribution in [0.25, 0.3) is 0 Å². The normalized spacial score (nSPS) is 15.0. The van der Waals surface area contributed by atoms with E-state index in [1.165, 1.54) is 18.2 Å². The summed E-state index contributed by atoms with van der Waals surface area (Å²) >= 11 is 0. The molecule has 1 N–H and O–H groups in total. The van der Waals surface area contributed by atoms with Gasteiger partial charge in [-0.05, 0) is 43.9 Å². The Hall–Kier alpha value is -1.84. The maximum Gasteiger partial charge on any atom is 0.243 e. The van der Waals surface area contributed by atoms with Crippen LogP contribution in [0.3, 0.4) is 0 Å². The predicted molar refractivity (Wildman–Crippen MR) is 82.9 cm³/mol. The van der Waals surface area contributed by atoms with Crippen LogP contribution < -0.4 is 10.1 Å². The molecule has 0 atom stereocenters. The van der Waals surface area contributed by atoms with Gasteiger partial charge in [-0.1, -0.05) is 26.5 Å². The number of amides is 1. The van der Waals surface area contributed by atoms with Crippen molar-refractivity contribution in [3.05, 3.63) is 42.2 Å². The van der Waals surface area contributed by atoms with Crippen LogP contribution in [-0.2, 0) is 4.79 Å². The maximum atomic E-state index is 13.2. The fraction of sp³-hybridized carbons (Fsp3) is 0.471. The minimum atomic E-state index is -0.406. The van der Waals surface area contributed by atoms with E-state index in [4.69, 9.17) is 4.74 Å². The monoisotopic (exact) mass is 293 g/mol. The zero-order valence-electron chi connectivity index (χ0n) is 13.0. The Bertz CT molecular complexity index is 496. The molecular weight excluding hydrogens is 269 g/mol. The van der Waals surface area contributed by atoms with Gasteiger partial charge >= 0.3 is 0 Å². The summed E-state index contributed by atoms with van der Waals surface area (Å²) in [5, 5.41) is 2.75. The Kier molecular flexibility index (Phi) is 6.40. The second kappa shape index (κ2) is 7.81. The van der Waals surface area contributed by atoms with Gasteiger partial charge in [-0.3, -0.25) is 4.79 Å². The third kappa shape index (κ3) is 4.59. The molecule has 4 heteroatoms. The van der Waals surface area contributed by atoms with Gasteiger partial charge in [-0.25, -0.2) is 4.39 Å². The van der Waals surface area contributed by atoms with E-state index in [9.17, 15) is 9.18 Å². The molecule has 0 saturated heterocycles. The minimum absolute atomic E-state index is 0.217. The van der Waals surface area contributed by atoms with Crippen molar-refractivity contribution in [2.24, 2.45) is 0 Å². The van der Waals surface area contributed by atoms with Crippen molar-refractivity contribution in [2.45, 2.75) is 45.6 Å². The third-order valence-electron chi connectivity index (χ3n) is 3.51. The van der Waals surface area contributed by atoms with Crippen molar-refractivity contribution in [1.82, 2.24) is 5.32 Å². The highest BCUT2D eigenvalue weighted by Gasteiger charge is 2.39. The van der Waals surface area contributed by atoms with Gasteiger partial charge in [0.25, 0.3) is 0 Å². The Morgan fingerprint density at radius 2 is 2.14 bits per heavy atom. The van der Waals surface area contributed by atoms with Crippen LogP contribution in [0.15, 0.2) is 30.9 Å². The SMILES string of the molecule is C=CC(=O)NCC1(Oc2cc(F)ccc2C)CCC1.CC. The van der Waals surface area contributed by atoms with Crippen molar-refractivity contribution < 1.29 is 13.9 Å². The predicted octanol–water partition coefficient (Wildman–Crippen LogP) is 3.76. The van der Waals surface area contributed by atoms with Crippen molar-refractivity contribution in [3.8, 4) is 5.75 Å². The second-order valence-electron chi connectivity index (χ2n) is 4.97. The van der Waals surface area contributed by atoms with Gasteiger partial charge in [0.15, 0.2) is 0 Å². The van der Waals surface area contributed by atoms with Crippen LogP contribution in [0.5, 0.6) is 5.75 Å². The van der Waals surface area contributed by atoms with Gasteiger partial charge in [0.2, 0.25) is 5.91 Å². The number of halogens is 1. The third-order valence-corrected chi connectivity index (χ3v) is 3.51. The minimum Gasteiger partial charge on any atom is -0.485 e. The van der Waals surface area contributed by atoms with E-state index in [1.54, 1.807) is 6.07 Å². The van der Waals surface area contributed by atoms with E-state index in [0.29, 0.717) is 12.3 Å². The van der Waals surface area contributed by atoms with Gasteiger partial charge in [0.05, 0.1) is 6.54 Å². The zero-order chi connectivity index (χ0) is 15.9. The molecule has 1 aliphatic carbocycles. The molecule has 1 saturated carbocycles. The highest BCUT2D eigenvalue weighted by molar-refractivity contribution is 5.86. The topological polar surface area (TPSA) is 38.3 Å². The number of carbonyl (C=O) groups is 1. The molecule has 0 spiro atoms. The fourth-order valence-electron chi connectivity index (χ4n) is 2.12. The van der Waals surface area contributed by atoms with Gasteiger partial charge in [0, 0.05) is 6.07 Å². The second-order valence-corrected chi connectivity index (χ2v) is 4.97. The molecule has 0 aromatic heterocycles. The lowest BCUT2D eigenvalue weighted by Crippen LogP contribution is -2.52. The van der Waals surface area contributed by atoms with Crippen molar-refractivity contribution >= 4 is 5.91 Å². The van der Waals surface area contributed by atoms with Crippen LogP contribution in [0.2, 0.25) is 0 Å². The standard InChI is InChI=1S/C15H18FNO2.C2H6/c1-3-14(18)17-10-15(7-4-8-15)19-13-9-12(16)6-5-11(13)2;1-2/h3,5-6,9H,1,4,7-8,10H2,2H3,(H,17,18);1-2H3. The molecule has 0 heterocycles. The number of hydrogen-bond donors (Lipinski definition) is 1. The molecule has 0 radical (unpaired) electrons. The summed E-state index contributed by atoms with van der Waals surface area (Å²) < 4.78 is 19.2. The summed E-state index contributed by atoms with van der Waals surface area (Å²) in [7, 11) is 0. The van der Waals surface area contributed by atoms with Crippen molar-refractivity contribution in [1.29, 1.82) is 0 Å². The average molecular weight is 293 g/mol. The highest BCUT2D eigenvalue weighted by Crippen LogP contribution is 2.37. The maximum absolute atomic E-state index is 13.2. The smallest absolute Gasteiger partial charge is 0.243 e. The first-order valence-electron chi connectivity index (χ1n) is 7.40. The molecule has 0 aliphatic heterocycles. The first-order chi connectivity index (χ1) is 10.0. The lowest BCUT2D eigenvalue weighted by Gasteiger charge is -2.42. The lowest BCUT2D eigenvalue weighted by atomic mass is 9.79. The largest absolute Gasteiger partial charge is 0.485 e. The lowest BCUT2D eigenvalue weighted by molar-refractivity contribution is -0.118. The molecule has 21 heavy (non-hydrogen) atoms. The summed E-state index contributed by atoms with van der Waals surface area (Å²) in [6.07, 6.45) is 4.01. The Labute approximate surface area is 126 Å². The molecule has 0 unspecified atom stereocenters. The van der Waals surface area contributed by atoms with E-state index in [1.807, 2.05) is 20.8 Å². The summed E-state index contributed by atoms with van der Waals surface area (Å²) in [6, 6.07) is 4.50.